The fraction of sp³-hybridized carbons (Fsp3) is 0.130. The lowest BCUT2D eigenvalue weighted by Crippen LogP contribution is -2.13. The van der Waals surface area contributed by atoms with Crippen LogP contribution in [0.1, 0.15) is 30.2 Å². The maximum atomic E-state index is 13.3. The van der Waals surface area contributed by atoms with Gasteiger partial charge >= 0.3 is 0 Å². The highest BCUT2D eigenvalue weighted by molar-refractivity contribution is 7.14. The van der Waals surface area contributed by atoms with E-state index in [0.29, 0.717) is 44.4 Å². The Morgan fingerprint density at radius 3 is 2.76 bits per heavy atom. The predicted octanol–water partition coefficient (Wildman–Crippen LogP) is 5.56. The van der Waals surface area contributed by atoms with Crippen molar-refractivity contribution in [3.8, 4) is 22.7 Å². The summed E-state index contributed by atoms with van der Waals surface area (Å²) >= 11 is 1.23. The Kier molecular flexibility index (Phi) is 5.38. The van der Waals surface area contributed by atoms with Crippen molar-refractivity contribution in [1.29, 1.82) is 0 Å². The molecule has 1 N–H and O–H groups in total. The number of nitrogens with one attached hydrogen (secondary N) is 1. The number of carbonyl (C=O) groups excluding carboxylic acids is 1. The van der Waals surface area contributed by atoms with Crippen molar-refractivity contribution in [2.75, 3.05) is 5.32 Å². The molecule has 0 atom stereocenters. The van der Waals surface area contributed by atoms with E-state index in [-0.39, 0.29) is 17.6 Å². The normalized spacial score (nSPS) is 11.3. The number of rotatable bonds is 6. The van der Waals surface area contributed by atoms with Gasteiger partial charge in [-0.1, -0.05) is 12.1 Å². The minimum atomic E-state index is -0.457. The number of furan rings is 1. The third kappa shape index (κ3) is 3.92. The topological polar surface area (TPSA) is 129 Å². The van der Waals surface area contributed by atoms with E-state index in [1.54, 1.807) is 52.9 Å². The van der Waals surface area contributed by atoms with Crippen molar-refractivity contribution in [1.82, 2.24) is 19.7 Å². The third-order valence-corrected chi connectivity index (χ3v) is 5.91. The number of thiazole rings is 1. The van der Waals surface area contributed by atoms with Crippen molar-refractivity contribution >= 4 is 39.1 Å². The van der Waals surface area contributed by atoms with Crippen LogP contribution in [-0.4, -0.2) is 30.6 Å². The molecule has 0 unspecified atom stereocenters. The molecule has 10 nitrogen and oxygen atoms in total. The fourth-order valence-corrected chi connectivity index (χ4v) is 4.26. The van der Waals surface area contributed by atoms with Gasteiger partial charge in [0.2, 0.25) is 0 Å². The zero-order valence-corrected chi connectivity index (χ0v) is 18.9. The Morgan fingerprint density at radius 2 is 2.03 bits per heavy atom. The molecule has 0 spiro atoms. The number of fused-ring (bicyclic) bond motifs is 1. The van der Waals surface area contributed by atoms with Crippen molar-refractivity contribution in [3.05, 3.63) is 76.0 Å². The molecule has 1 aromatic carbocycles. The van der Waals surface area contributed by atoms with Crippen LogP contribution >= 0.6 is 11.3 Å². The Bertz CT molecular complexity index is 1520. The van der Waals surface area contributed by atoms with E-state index in [1.165, 1.54) is 23.5 Å². The molecule has 170 valence electrons. The van der Waals surface area contributed by atoms with Gasteiger partial charge in [-0.3, -0.25) is 20.2 Å². The molecule has 4 heterocycles. The number of nitrogens with zero attached hydrogens (tertiary/aromatic N) is 5. The number of nitro benzene ring substituents is 1. The first kappa shape index (κ1) is 21.5. The van der Waals surface area contributed by atoms with Gasteiger partial charge in [-0.25, -0.2) is 14.6 Å². The van der Waals surface area contributed by atoms with E-state index in [9.17, 15) is 14.9 Å². The number of nitro groups is 1. The number of hydrogen-bond donors (Lipinski definition) is 1. The van der Waals surface area contributed by atoms with Gasteiger partial charge in [0.05, 0.1) is 34.0 Å². The maximum absolute atomic E-state index is 13.3. The summed E-state index contributed by atoms with van der Waals surface area (Å²) in [5.74, 6) is 0.165. The molecule has 5 rings (SSSR count). The van der Waals surface area contributed by atoms with Crippen LogP contribution in [0.5, 0.6) is 0 Å². The quantitative estimate of drug-likeness (QED) is 0.252. The molecule has 0 saturated carbocycles. The number of aromatic nitrogens is 4. The van der Waals surface area contributed by atoms with Crippen LogP contribution in [0.15, 0.2) is 64.7 Å². The predicted molar refractivity (Wildman–Crippen MR) is 128 cm³/mol. The lowest BCUT2D eigenvalue weighted by Gasteiger charge is -2.09. The Hall–Kier alpha value is -4.38. The standard InChI is InChI=1S/C23H18N6O4S/c1-13(2)28-21-17(11-24-28)16(10-18(25-21)20-7-4-8-33-20)22(30)27-23-26-19(12-34-23)14-5-3-6-15(9-14)29(31)32/h3-13H,1-2H3,(H,26,27,30). The highest BCUT2D eigenvalue weighted by Gasteiger charge is 2.20. The van der Waals surface area contributed by atoms with Crippen LogP contribution in [0.25, 0.3) is 33.7 Å². The van der Waals surface area contributed by atoms with Gasteiger partial charge in [0.15, 0.2) is 16.5 Å². The summed E-state index contributed by atoms with van der Waals surface area (Å²) in [4.78, 5) is 33.0. The molecular weight excluding hydrogens is 456 g/mol. The summed E-state index contributed by atoms with van der Waals surface area (Å²) in [5.41, 5.74) is 2.58. The third-order valence-electron chi connectivity index (χ3n) is 5.15. The molecule has 0 saturated heterocycles. The van der Waals surface area contributed by atoms with Crippen LogP contribution in [-0.2, 0) is 0 Å². The molecule has 5 aromatic rings. The first-order chi connectivity index (χ1) is 16.4. The molecule has 0 bridgehead atoms. The van der Waals surface area contributed by atoms with Crippen molar-refractivity contribution < 1.29 is 14.1 Å². The first-order valence-electron chi connectivity index (χ1n) is 10.3. The van der Waals surface area contributed by atoms with Gasteiger partial charge in [0.25, 0.3) is 11.6 Å². The monoisotopic (exact) mass is 474 g/mol. The number of benzene rings is 1. The van der Waals surface area contributed by atoms with Crippen molar-refractivity contribution in [2.24, 2.45) is 0 Å². The van der Waals surface area contributed by atoms with Gasteiger partial charge in [0, 0.05) is 29.1 Å². The number of pyridine rings is 1. The average molecular weight is 475 g/mol. The lowest BCUT2D eigenvalue weighted by molar-refractivity contribution is -0.384. The van der Waals surface area contributed by atoms with Gasteiger partial charge in [-0.05, 0) is 32.0 Å². The zero-order valence-electron chi connectivity index (χ0n) is 18.1. The number of amides is 1. The zero-order chi connectivity index (χ0) is 23.8. The second kappa shape index (κ2) is 8.52. The SMILES string of the molecule is CC(C)n1ncc2c(C(=O)Nc3nc(-c4cccc([N+](=O)[O-])c4)cs3)cc(-c3ccco3)nc21. The van der Waals surface area contributed by atoms with E-state index in [1.807, 2.05) is 13.8 Å². The van der Waals surface area contributed by atoms with Crippen LogP contribution in [0, 0.1) is 10.1 Å². The summed E-state index contributed by atoms with van der Waals surface area (Å²) < 4.78 is 7.25. The smallest absolute Gasteiger partial charge is 0.270 e. The molecule has 34 heavy (non-hydrogen) atoms. The van der Waals surface area contributed by atoms with Crippen LogP contribution in [0.2, 0.25) is 0 Å². The van der Waals surface area contributed by atoms with Crippen LogP contribution in [0.4, 0.5) is 10.8 Å². The Morgan fingerprint density at radius 1 is 1.18 bits per heavy atom. The van der Waals surface area contributed by atoms with E-state index >= 15 is 0 Å². The van der Waals surface area contributed by atoms with Crippen molar-refractivity contribution in [3.63, 3.8) is 0 Å². The van der Waals surface area contributed by atoms with Gasteiger partial charge in [-0.2, -0.15) is 5.10 Å². The molecule has 0 aliphatic carbocycles. The molecule has 0 fully saturated rings. The minimum Gasteiger partial charge on any atom is -0.463 e. The summed E-state index contributed by atoms with van der Waals surface area (Å²) in [7, 11) is 0. The second-order valence-electron chi connectivity index (χ2n) is 7.75. The number of hydrogen-bond acceptors (Lipinski definition) is 8. The van der Waals surface area contributed by atoms with Crippen LogP contribution < -0.4 is 5.32 Å². The largest absolute Gasteiger partial charge is 0.463 e. The molecule has 4 aromatic heterocycles. The average Bonchev–Trinajstić information content (AvgIpc) is 3.58. The molecule has 0 aliphatic rings. The molecular formula is C23H18N6O4S. The summed E-state index contributed by atoms with van der Waals surface area (Å²) in [6.45, 7) is 3.97. The minimum absolute atomic E-state index is 0.0251. The number of anilines is 1. The lowest BCUT2D eigenvalue weighted by atomic mass is 10.1. The van der Waals surface area contributed by atoms with Gasteiger partial charge in [-0.15, -0.1) is 11.3 Å². The Labute approximate surface area is 197 Å². The molecule has 11 heteroatoms. The summed E-state index contributed by atoms with van der Waals surface area (Å²) in [6.07, 6.45) is 3.17. The second-order valence-corrected chi connectivity index (χ2v) is 8.61. The highest BCUT2D eigenvalue weighted by Crippen LogP contribution is 2.30. The van der Waals surface area contributed by atoms with E-state index in [2.05, 4.69) is 20.4 Å². The molecule has 0 radical (unpaired) electrons. The Balaban J connectivity index is 1.50. The van der Waals surface area contributed by atoms with E-state index in [4.69, 9.17) is 4.42 Å². The molecule has 1 amide bonds. The van der Waals surface area contributed by atoms with Crippen LogP contribution in [0.3, 0.4) is 0 Å². The van der Waals surface area contributed by atoms with Gasteiger partial charge < -0.3 is 4.42 Å². The maximum Gasteiger partial charge on any atom is 0.270 e. The van der Waals surface area contributed by atoms with E-state index < -0.39 is 4.92 Å². The highest BCUT2D eigenvalue weighted by atomic mass is 32.1. The van der Waals surface area contributed by atoms with E-state index in [0.717, 1.165) is 0 Å². The number of carbonyl (C=O) groups is 1. The number of non-ortho nitro benzene ring substituents is 1. The summed E-state index contributed by atoms with van der Waals surface area (Å²) in [5, 5.41) is 21.0. The molecule has 0 aliphatic heterocycles. The first-order valence-corrected chi connectivity index (χ1v) is 11.2. The van der Waals surface area contributed by atoms with Crippen molar-refractivity contribution in [2.45, 2.75) is 19.9 Å². The van der Waals surface area contributed by atoms with Gasteiger partial charge in [0.1, 0.15) is 5.69 Å². The summed E-state index contributed by atoms with van der Waals surface area (Å²) in [6, 6.07) is 11.4. The fourth-order valence-electron chi connectivity index (χ4n) is 3.54.